The maximum atomic E-state index is 11.4. The fourth-order valence-corrected chi connectivity index (χ4v) is 1.46. The van der Waals surface area contributed by atoms with Gasteiger partial charge in [0.2, 0.25) is 0 Å². The molecule has 0 aliphatic rings. The van der Waals surface area contributed by atoms with E-state index in [9.17, 15) is 9.59 Å². The van der Waals surface area contributed by atoms with Crippen LogP contribution in [0.2, 0.25) is 0 Å². The highest BCUT2D eigenvalue weighted by Gasteiger charge is 2.14. The largest absolute Gasteiger partial charge is 0.478 e. The van der Waals surface area contributed by atoms with Gasteiger partial charge in [0.05, 0.1) is 18.1 Å². The number of furan rings is 1. The second-order valence-electron chi connectivity index (χ2n) is 3.37. The lowest BCUT2D eigenvalue weighted by atomic mass is 10.0. The molecule has 0 bridgehead atoms. The molecular weight excluding hydrogens is 210 g/mol. The van der Waals surface area contributed by atoms with E-state index < -0.39 is 5.97 Å². The minimum atomic E-state index is -1.08. The number of carboxylic acids is 1. The predicted octanol–water partition coefficient (Wildman–Crippen LogP) is 1.34. The zero-order chi connectivity index (χ0) is 11.7. The number of carboxylic acid groups (broad SMARTS) is 1. The number of carbonyl (C=O) groups is 1. The van der Waals surface area contributed by atoms with E-state index in [0.29, 0.717) is 11.1 Å². The highest BCUT2D eigenvalue weighted by atomic mass is 16.4. The van der Waals surface area contributed by atoms with E-state index in [1.54, 1.807) is 6.07 Å². The molecule has 0 radical (unpaired) electrons. The SMILES string of the molecule is Cn1cc(C(=O)O)c(-c2ccoc2)cc1=O. The quantitative estimate of drug-likeness (QED) is 0.827. The van der Waals surface area contributed by atoms with E-state index in [1.807, 2.05) is 0 Å². The Morgan fingerprint density at radius 3 is 2.81 bits per heavy atom. The summed E-state index contributed by atoms with van der Waals surface area (Å²) in [5.74, 6) is -1.08. The van der Waals surface area contributed by atoms with Gasteiger partial charge in [-0.05, 0) is 6.07 Å². The molecule has 0 spiro atoms. The van der Waals surface area contributed by atoms with Crippen molar-refractivity contribution >= 4 is 5.97 Å². The van der Waals surface area contributed by atoms with Crippen LogP contribution in [0.1, 0.15) is 10.4 Å². The van der Waals surface area contributed by atoms with Crippen LogP contribution in [0.15, 0.2) is 40.1 Å². The predicted molar refractivity (Wildman–Crippen MR) is 56.3 cm³/mol. The van der Waals surface area contributed by atoms with Crippen molar-refractivity contribution in [2.45, 2.75) is 0 Å². The van der Waals surface area contributed by atoms with Gasteiger partial charge >= 0.3 is 5.97 Å². The van der Waals surface area contributed by atoms with E-state index in [0.717, 1.165) is 0 Å². The maximum Gasteiger partial charge on any atom is 0.337 e. The molecule has 5 nitrogen and oxygen atoms in total. The lowest BCUT2D eigenvalue weighted by molar-refractivity contribution is 0.0697. The first-order valence-electron chi connectivity index (χ1n) is 4.56. The second-order valence-corrected chi connectivity index (χ2v) is 3.37. The molecule has 16 heavy (non-hydrogen) atoms. The van der Waals surface area contributed by atoms with Gasteiger partial charge in [0, 0.05) is 30.4 Å². The van der Waals surface area contributed by atoms with Crippen molar-refractivity contribution in [2.24, 2.45) is 7.05 Å². The summed E-state index contributed by atoms with van der Waals surface area (Å²) >= 11 is 0. The molecule has 2 aromatic rings. The molecule has 0 aliphatic heterocycles. The number of pyridine rings is 1. The summed E-state index contributed by atoms with van der Waals surface area (Å²) in [5.41, 5.74) is 0.754. The van der Waals surface area contributed by atoms with Crippen molar-refractivity contribution in [1.82, 2.24) is 4.57 Å². The minimum absolute atomic E-state index is 0.0727. The Kier molecular flexibility index (Phi) is 2.36. The third-order valence-corrected chi connectivity index (χ3v) is 2.29. The van der Waals surface area contributed by atoms with E-state index in [2.05, 4.69) is 0 Å². The highest BCUT2D eigenvalue weighted by molar-refractivity contribution is 5.95. The Labute approximate surface area is 90.6 Å². The van der Waals surface area contributed by atoms with Gasteiger partial charge in [-0.2, -0.15) is 0 Å². The molecule has 0 saturated heterocycles. The van der Waals surface area contributed by atoms with Gasteiger partial charge < -0.3 is 14.1 Å². The van der Waals surface area contributed by atoms with E-state index in [-0.39, 0.29) is 11.1 Å². The zero-order valence-electron chi connectivity index (χ0n) is 8.51. The molecule has 1 N–H and O–H groups in total. The average molecular weight is 219 g/mol. The van der Waals surface area contributed by atoms with Crippen LogP contribution >= 0.6 is 0 Å². The van der Waals surface area contributed by atoms with Crippen molar-refractivity contribution in [3.8, 4) is 11.1 Å². The Morgan fingerprint density at radius 1 is 1.50 bits per heavy atom. The van der Waals surface area contributed by atoms with Crippen molar-refractivity contribution in [1.29, 1.82) is 0 Å². The summed E-state index contributed by atoms with van der Waals surface area (Å²) in [4.78, 5) is 22.5. The number of aryl methyl sites for hydroxylation is 1. The lowest BCUT2D eigenvalue weighted by Gasteiger charge is -2.05. The fraction of sp³-hybridized carbons (Fsp3) is 0.0909. The molecule has 0 fully saturated rings. The van der Waals surface area contributed by atoms with Gasteiger partial charge in [-0.15, -0.1) is 0 Å². The molecule has 82 valence electrons. The first kappa shape index (κ1) is 10.2. The molecular formula is C11H9NO4. The molecule has 2 rings (SSSR count). The van der Waals surface area contributed by atoms with Gasteiger partial charge in [-0.25, -0.2) is 4.79 Å². The smallest absolute Gasteiger partial charge is 0.337 e. The molecule has 0 amide bonds. The van der Waals surface area contributed by atoms with Crippen molar-refractivity contribution in [3.63, 3.8) is 0 Å². The summed E-state index contributed by atoms with van der Waals surface area (Å²) in [6.07, 6.45) is 4.13. The average Bonchev–Trinajstić information content (AvgIpc) is 2.74. The lowest BCUT2D eigenvalue weighted by Crippen LogP contribution is -2.18. The molecule has 0 unspecified atom stereocenters. The van der Waals surface area contributed by atoms with Gasteiger partial charge in [0.25, 0.3) is 5.56 Å². The highest BCUT2D eigenvalue weighted by Crippen LogP contribution is 2.22. The summed E-state index contributed by atoms with van der Waals surface area (Å²) in [6.45, 7) is 0. The number of hydrogen-bond donors (Lipinski definition) is 1. The zero-order valence-corrected chi connectivity index (χ0v) is 8.51. The van der Waals surface area contributed by atoms with Crippen molar-refractivity contribution in [3.05, 3.63) is 46.8 Å². The van der Waals surface area contributed by atoms with Crippen molar-refractivity contribution in [2.75, 3.05) is 0 Å². The van der Waals surface area contributed by atoms with E-state index in [4.69, 9.17) is 9.52 Å². The van der Waals surface area contributed by atoms with Gasteiger partial charge in [-0.1, -0.05) is 0 Å². The van der Waals surface area contributed by atoms with Gasteiger partial charge in [-0.3, -0.25) is 4.79 Å². The standard InChI is InChI=1S/C11H9NO4/c1-12-5-9(11(14)15)8(4-10(12)13)7-2-3-16-6-7/h2-6H,1H3,(H,14,15). The summed E-state index contributed by atoms with van der Waals surface area (Å²) in [6, 6.07) is 2.90. The molecule has 2 heterocycles. The molecule has 2 aromatic heterocycles. The molecule has 5 heteroatoms. The van der Waals surface area contributed by atoms with E-state index >= 15 is 0 Å². The number of nitrogens with zero attached hydrogens (tertiary/aromatic N) is 1. The Morgan fingerprint density at radius 2 is 2.25 bits per heavy atom. The van der Waals surface area contributed by atoms with Crippen LogP contribution in [0.25, 0.3) is 11.1 Å². The first-order valence-corrected chi connectivity index (χ1v) is 4.56. The minimum Gasteiger partial charge on any atom is -0.478 e. The third-order valence-electron chi connectivity index (χ3n) is 2.29. The monoisotopic (exact) mass is 219 g/mol. The van der Waals surface area contributed by atoms with Crippen LogP contribution in [-0.4, -0.2) is 15.6 Å². The normalized spacial score (nSPS) is 10.3. The maximum absolute atomic E-state index is 11.4. The molecule has 0 saturated carbocycles. The Bertz CT molecular complexity index is 581. The van der Waals surface area contributed by atoms with Crippen LogP contribution in [0, 0.1) is 0 Å². The Balaban J connectivity index is 2.73. The molecule has 0 atom stereocenters. The molecule has 0 aromatic carbocycles. The summed E-state index contributed by atoms with van der Waals surface area (Å²) in [5, 5.41) is 9.03. The van der Waals surface area contributed by atoms with Gasteiger partial charge in [0.15, 0.2) is 0 Å². The summed E-state index contributed by atoms with van der Waals surface area (Å²) < 4.78 is 6.10. The van der Waals surface area contributed by atoms with Crippen LogP contribution in [0.3, 0.4) is 0 Å². The number of aromatic carboxylic acids is 1. The number of aromatic nitrogens is 1. The Hall–Kier alpha value is -2.30. The van der Waals surface area contributed by atoms with Crippen LogP contribution in [0.4, 0.5) is 0 Å². The first-order chi connectivity index (χ1) is 7.59. The number of rotatable bonds is 2. The fourth-order valence-electron chi connectivity index (χ4n) is 1.46. The second kappa shape index (κ2) is 3.69. The van der Waals surface area contributed by atoms with Crippen molar-refractivity contribution < 1.29 is 14.3 Å². The van der Waals surface area contributed by atoms with Crippen LogP contribution in [-0.2, 0) is 7.05 Å². The molecule has 0 aliphatic carbocycles. The summed E-state index contributed by atoms with van der Waals surface area (Å²) in [7, 11) is 1.51. The third kappa shape index (κ3) is 1.63. The van der Waals surface area contributed by atoms with E-state index in [1.165, 1.54) is 36.4 Å². The number of hydrogen-bond acceptors (Lipinski definition) is 3. The van der Waals surface area contributed by atoms with Crippen LogP contribution < -0.4 is 5.56 Å². The van der Waals surface area contributed by atoms with Crippen LogP contribution in [0.5, 0.6) is 0 Å². The van der Waals surface area contributed by atoms with Gasteiger partial charge in [0.1, 0.15) is 0 Å². The topological polar surface area (TPSA) is 72.4 Å².